The Kier molecular flexibility index (Phi) is 3.55. The predicted molar refractivity (Wildman–Crippen MR) is 83.8 cm³/mol. The Labute approximate surface area is 127 Å². The number of fused-ring (bicyclic) bond motifs is 1. The average molecular weight is 303 g/mol. The summed E-state index contributed by atoms with van der Waals surface area (Å²) in [5, 5.41) is 3.25. The lowest BCUT2D eigenvalue weighted by molar-refractivity contribution is -0.116. The van der Waals surface area contributed by atoms with Crippen molar-refractivity contribution < 1.29 is 9.53 Å². The zero-order chi connectivity index (χ0) is 15.0. The first kappa shape index (κ1) is 13.9. The minimum absolute atomic E-state index is 0.0443. The Morgan fingerprint density at radius 3 is 2.95 bits per heavy atom. The van der Waals surface area contributed by atoms with Crippen LogP contribution in [0.2, 0.25) is 0 Å². The van der Waals surface area contributed by atoms with Gasteiger partial charge in [0, 0.05) is 17.9 Å². The monoisotopic (exact) mass is 303 g/mol. The number of hydrogen-bond acceptors (Lipinski definition) is 5. The fraction of sp³-hybridized carbons (Fsp3) is 0.333. The average Bonchev–Trinajstić information content (AvgIpc) is 2.78. The van der Waals surface area contributed by atoms with E-state index in [-0.39, 0.29) is 17.9 Å². The molecule has 2 heterocycles. The smallest absolute Gasteiger partial charge is 0.226 e. The van der Waals surface area contributed by atoms with E-state index in [2.05, 4.69) is 10.3 Å². The summed E-state index contributed by atoms with van der Waals surface area (Å²) < 4.78 is 5.88. The molecule has 21 heavy (non-hydrogen) atoms. The summed E-state index contributed by atoms with van der Waals surface area (Å²) in [6.45, 7) is 3.97. The topological polar surface area (TPSA) is 77.2 Å². The Hall–Kier alpha value is -2.08. The molecule has 110 valence electrons. The summed E-state index contributed by atoms with van der Waals surface area (Å²) >= 11 is 1.42. The van der Waals surface area contributed by atoms with Crippen molar-refractivity contribution >= 4 is 28.2 Å². The highest BCUT2D eigenvalue weighted by molar-refractivity contribution is 7.16. The van der Waals surface area contributed by atoms with Crippen molar-refractivity contribution in [3.63, 3.8) is 0 Å². The van der Waals surface area contributed by atoms with Crippen LogP contribution in [-0.2, 0) is 4.79 Å². The molecule has 0 spiro atoms. The number of aromatic nitrogens is 1. The number of nitrogens with zero attached hydrogens (tertiary/aromatic N) is 1. The Morgan fingerprint density at radius 2 is 2.19 bits per heavy atom. The van der Waals surface area contributed by atoms with Crippen molar-refractivity contribution in [2.45, 2.75) is 32.3 Å². The fourth-order valence-corrected chi connectivity index (χ4v) is 3.43. The molecular formula is C15H17N3O2S. The molecule has 6 heteroatoms. The molecule has 1 aliphatic heterocycles. The Balaban J connectivity index is 2.06. The van der Waals surface area contributed by atoms with E-state index in [0.717, 1.165) is 16.2 Å². The van der Waals surface area contributed by atoms with Crippen LogP contribution in [0.15, 0.2) is 24.3 Å². The minimum Gasteiger partial charge on any atom is -0.491 e. The highest BCUT2D eigenvalue weighted by Gasteiger charge is 2.31. The SMILES string of the molecule is CC(C)Oc1ccccc1[C@@H]1CC(=O)Nc2nc(N)sc21. The van der Waals surface area contributed by atoms with Gasteiger partial charge in [-0.3, -0.25) is 4.79 Å². The lowest BCUT2D eigenvalue weighted by atomic mass is 9.91. The van der Waals surface area contributed by atoms with Crippen LogP contribution in [0.25, 0.3) is 0 Å². The largest absolute Gasteiger partial charge is 0.491 e. The first-order valence-electron chi connectivity index (χ1n) is 6.86. The molecule has 1 amide bonds. The van der Waals surface area contributed by atoms with E-state index in [1.54, 1.807) is 0 Å². The summed E-state index contributed by atoms with van der Waals surface area (Å²) in [6, 6.07) is 7.83. The van der Waals surface area contributed by atoms with E-state index in [1.807, 2.05) is 38.1 Å². The van der Waals surface area contributed by atoms with Crippen LogP contribution in [0.1, 0.15) is 36.6 Å². The van der Waals surface area contributed by atoms with Crippen LogP contribution in [0, 0.1) is 0 Å². The predicted octanol–water partition coefficient (Wildman–Crippen LogP) is 2.99. The van der Waals surface area contributed by atoms with Crippen LogP contribution >= 0.6 is 11.3 Å². The second-order valence-corrected chi connectivity index (χ2v) is 6.34. The molecule has 1 aliphatic rings. The highest BCUT2D eigenvalue weighted by atomic mass is 32.1. The van der Waals surface area contributed by atoms with Crippen molar-refractivity contribution in [1.82, 2.24) is 4.98 Å². The molecular weight excluding hydrogens is 286 g/mol. The molecule has 3 N–H and O–H groups in total. The van der Waals surface area contributed by atoms with Gasteiger partial charge in [0.15, 0.2) is 5.13 Å². The summed E-state index contributed by atoms with van der Waals surface area (Å²) in [5.41, 5.74) is 6.79. The molecule has 0 saturated heterocycles. The maximum atomic E-state index is 11.9. The van der Waals surface area contributed by atoms with Gasteiger partial charge in [-0.25, -0.2) is 4.98 Å². The van der Waals surface area contributed by atoms with Crippen molar-refractivity contribution in [3.05, 3.63) is 34.7 Å². The standard InChI is InChI=1S/C15H17N3O2S/c1-8(2)20-11-6-4-3-5-9(11)10-7-12(19)17-14-13(10)21-15(16)18-14/h3-6,8,10H,7H2,1-2H3,(H2,16,18)(H,17,19)/t10-/m0/s1. The molecule has 0 radical (unpaired) electrons. The number of amides is 1. The lowest BCUT2D eigenvalue weighted by Crippen LogP contribution is -2.23. The maximum absolute atomic E-state index is 11.9. The van der Waals surface area contributed by atoms with Gasteiger partial charge >= 0.3 is 0 Å². The van der Waals surface area contributed by atoms with Gasteiger partial charge in [-0.05, 0) is 19.9 Å². The molecule has 0 unspecified atom stereocenters. The fourth-order valence-electron chi connectivity index (χ4n) is 2.52. The second-order valence-electron chi connectivity index (χ2n) is 5.27. The summed E-state index contributed by atoms with van der Waals surface area (Å²) in [6.07, 6.45) is 0.460. The number of benzene rings is 1. The van der Waals surface area contributed by atoms with Gasteiger partial charge in [-0.15, -0.1) is 0 Å². The van der Waals surface area contributed by atoms with Gasteiger partial charge in [0.2, 0.25) is 5.91 Å². The van der Waals surface area contributed by atoms with Crippen LogP contribution in [0.5, 0.6) is 5.75 Å². The number of ether oxygens (including phenoxy) is 1. The summed E-state index contributed by atoms with van der Waals surface area (Å²) in [7, 11) is 0. The molecule has 3 rings (SSSR count). The zero-order valence-electron chi connectivity index (χ0n) is 11.9. The third-order valence-corrected chi connectivity index (χ3v) is 4.29. The Bertz CT molecular complexity index is 681. The number of hydrogen-bond donors (Lipinski definition) is 2. The first-order chi connectivity index (χ1) is 10.0. The quantitative estimate of drug-likeness (QED) is 0.914. The number of carbonyl (C=O) groups is 1. The van der Waals surface area contributed by atoms with Crippen LogP contribution in [0.3, 0.4) is 0 Å². The van der Waals surface area contributed by atoms with E-state index in [9.17, 15) is 4.79 Å². The van der Waals surface area contributed by atoms with E-state index < -0.39 is 0 Å². The van der Waals surface area contributed by atoms with E-state index >= 15 is 0 Å². The molecule has 5 nitrogen and oxygen atoms in total. The maximum Gasteiger partial charge on any atom is 0.226 e. The van der Waals surface area contributed by atoms with E-state index in [4.69, 9.17) is 10.5 Å². The number of nitrogens with one attached hydrogen (secondary N) is 1. The molecule has 0 aliphatic carbocycles. The Morgan fingerprint density at radius 1 is 1.43 bits per heavy atom. The normalized spacial score (nSPS) is 17.5. The number of para-hydroxylation sites is 1. The zero-order valence-corrected chi connectivity index (χ0v) is 12.7. The molecule has 2 aromatic rings. The highest BCUT2D eigenvalue weighted by Crippen LogP contribution is 2.44. The second kappa shape index (κ2) is 5.37. The lowest BCUT2D eigenvalue weighted by Gasteiger charge is -2.24. The van der Waals surface area contributed by atoms with Gasteiger partial charge in [0.25, 0.3) is 0 Å². The number of nitrogen functional groups attached to an aromatic ring is 1. The minimum atomic E-state index is -0.0569. The van der Waals surface area contributed by atoms with Crippen molar-refractivity contribution in [1.29, 1.82) is 0 Å². The van der Waals surface area contributed by atoms with Gasteiger partial charge in [-0.2, -0.15) is 0 Å². The van der Waals surface area contributed by atoms with Crippen molar-refractivity contribution in [2.24, 2.45) is 0 Å². The van der Waals surface area contributed by atoms with Gasteiger partial charge in [0.05, 0.1) is 11.0 Å². The van der Waals surface area contributed by atoms with Crippen LogP contribution < -0.4 is 15.8 Å². The molecule has 1 aromatic carbocycles. The van der Waals surface area contributed by atoms with Crippen molar-refractivity contribution in [3.8, 4) is 5.75 Å². The van der Waals surface area contributed by atoms with Gasteiger partial charge in [-0.1, -0.05) is 29.5 Å². The number of carbonyl (C=O) groups excluding carboxylic acids is 1. The third kappa shape index (κ3) is 2.71. The third-order valence-electron chi connectivity index (χ3n) is 3.29. The molecule has 0 saturated carbocycles. The van der Waals surface area contributed by atoms with E-state index in [0.29, 0.717) is 17.4 Å². The summed E-state index contributed by atoms with van der Waals surface area (Å²) in [4.78, 5) is 17.1. The van der Waals surface area contributed by atoms with Crippen LogP contribution in [0.4, 0.5) is 10.9 Å². The number of rotatable bonds is 3. The van der Waals surface area contributed by atoms with Crippen molar-refractivity contribution in [2.75, 3.05) is 11.1 Å². The molecule has 0 bridgehead atoms. The number of thiazole rings is 1. The van der Waals surface area contributed by atoms with E-state index in [1.165, 1.54) is 11.3 Å². The summed E-state index contributed by atoms with van der Waals surface area (Å²) in [5.74, 6) is 1.29. The first-order valence-corrected chi connectivity index (χ1v) is 7.68. The van der Waals surface area contributed by atoms with Gasteiger partial charge < -0.3 is 15.8 Å². The molecule has 1 aromatic heterocycles. The number of anilines is 2. The van der Waals surface area contributed by atoms with Crippen LogP contribution in [-0.4, -0.2) is 17.0 Å². The van der Waals surface area contributed by atoms with Gasteiger partial charge in [0.1, 0.15) is 11.6 Å². The number of nitrogens with two attached hydrogens (primary N) is 1. The molecule has 1 atom stereocenters. The molecule has 0 fully saturated rings.